The molecule has 0 saturated carbocycles. The van der Waals surface area contributed by atoms with Crippen molar-refractivity contribution in [3.63, 3.8) is 0 Å². The first-order valence-corrected chi connectivity index (χ1v) is 6.84. The predicted molar refractivity (Wildman–Crippen MR) is 77.4 cm³/mol. The highest BCUT2D eigenvalue weighted by atomic mass is 16.5. The Labute approximate surface area is 115 Å². The van der Waals surface area contributed by atoms with Crippen LogP contribution in [0.3, 0.4) is 0 Å². The molecule has 0 aliphatic heterocycles. The zero-order valence-electron chi connectivity index (χ0n) is 12.0. The van der Waals surface area contributed by atoms with Gasteiger partial charge in [0.15, 0.2) is 0 Å². The van der Waals surface area contributed by atoms with Crippen molar-refractivity contribution < 1.29 is 9.53 Å². The Morgan fingerprint density at radius 3 is 2.84 bits per heavy atom. The van der Waals surface area contributed by atoms with Gasteiger partial charge in [0.05, 0.1) is 6.04 Å². The first kappa shape index (κ1) is 15.5. The van der Waals surface area contributed by atoms with Crippen molar-refractivity contribution >= 4 is 5.91 Å². The molecular formula is C15H24N2O2. The Hall–Kier alpha value is -1.55. The van der Waals surface area contributed by atoms with Gasteiger partial charge < -0.3 is 15.4 Å². The molecule has 1 amide bonds. The highest BCUT2D eigenvalue weighted by molar-refractivity contribution is 5.81. The van der Waals surface area contributed by atoms with E-state index in [0.717, 1.165) is 18.7 Å². The van der Waals surface area contributed by atoms with Crippen LogP contribution in [0, 0.1) is 6.92 Å². The van der Waals surface area contributed by atoms with E-state index >= 15 is 0 Å². The number of rotatable bonds is 8. The van der Waals surface area contributed by atoms with Gasteiger partial charge in [-0.1, -0.05) is 19.1 Å². The molecular weight excluding hydrogens is 240 g/mol. The third-order valence-corrected chi connectivity index (χ3v) is 2.75. The Kier molecular flexibility index (Phi) is 6.97. The van der Waals surface area contributed by atoms with E-state index in [0.29, 0.717) is 13.2 Å². The molecule has 0 aliphatic carbocycles. The molecule has 1 aromatic carbocycles. The topological polar surface area (TPSA) is 50.4 Å². The molecule has 0 saturated heterocycles. The van der Waals surface area contributed by atoms with Crippen molar-refractivity contribution in [2.24, 2.45) is 0 Å². The van der Waals surface area contributed by atoms with E-state index in [9.17, 15) is 4.79 Å². The number of carbonyl (C=O) groups excluding carboxylic acids is 1. The molecule has 1 unspecified atom stereocenters. The molecule has 0 bridgehead atoms. The summed E-state index contributed by atoms with van der Waals surface area (Å²) in [5.41, 5.74) is 1.18. The van der Waals surface area contributed by atoms with Crippen LogP contribution in [-0.2, 0) is 4.79 Å². The SMILES string of the molecule is CCCNC(=O)C(C)NCCOc1cccc(C)c1. The van der Waals surface area contributed by atoms with E-state index in [1.54, 1.807) is 0 Å². The summed E-state index contributed by atoms with van der Waals surface area (Å²) in [5, 5.41) is 6.00. The van der Waals surface area contributed by atoms with Crippen molar-refractivity contribution in [3.05, 3.63) is 29.8 Å². The quantitative estimate of drug-likeness (QED) is 0.705. The Morgan fingerprint density at radius 2 is 2.16 bits per heavy atom. The van der Waals surface area contributed by atoms with E-state index in [-0.39, 0.29) is 11.9 Å². The molecule has 0 radical (unpaired) electrons. The summed E-state index contributed by atoms with van der Waals surface area (Å²) in [6, 6.07) is 7.75. The highest BCUT2D eigenvalue weighted by Crippen LogP contribution is 2.11. The molecule has 1 aromatic rings. The van der Waals surface area contributed by atoms with Gasteiger partial charge in [0.2, 0.25) is 5.91 Å². The van der Waals surface area contributed by atoms with E-state index in [4.69, 9.17) is 4.74 Å². The normalized spacial score (nSPS) is 11.9. The smallest absolute Gasteiger partial charge is 0.236 e. The van der Waals surface area contributed by atoms with Crippen LogP contribution in [-0.4, -0.2) is 31.6 Å². The second kappa shape index (κ2) is 8.53. The fraction of sp³-hybridized carbons (Fsp3) is 0.533. The van der Waals surface area contributed by atoms with E-state index in [1.807, 2.05) is 45.0 Å². The predicted octanol–water partition coefficient (Wildman–Crippen LogP) is 1.88. The summed E-state index contributed by atoms with van der Waals surface area (Å²) in [4.78, 5) is 11.6. The molecule has 0 aliphatic rings. The van der Waals surface area contributed by atoms with Gasteiger partial charge in [0.1, 0.15) is 12.4 Å². The zero-order chi connectivity index (χ0) is 14.1. The van der Waals surface area contributed by atoms with E-state index < -0.39 is 0 Å². The molecule has 0 heterocycles. The first-order chi connectivity index (χ1) is 9.13. The lowest BCUT2D eigenvalue weighted by molar-refractivity contribution is -0.122. The van der Waals surface area contributed by atoms with Crippen LogP contribution in [0.2, 0.25) is 0 Å². The zero-order valence-corrected chi connectivity index (χ0v) is 12.0. The molecule has 1 rings (SSSR count). The molecule has 4 heteroatoms. The molecule has 0 aromatic heterocycles. The van der Waals surface area contributed by atoms with Crippen LogP contribution >= 0.6 is 0 Å². The minimum absolute atomic E-state index is 0.0393. The average molecular weight is 264 g/mol. The molecule has 0 fully saturated rings. The number of carbonyl (C=O) groups is 1. The number of benzene rings is 1. The van der Waals surface area contributed by atoms with Crippen LogP contribution in [0.25, 0.3) is 0 Å². The van der Waals surface area contributed by atoms with Gasteiger partial charge in [0.25, 0.3) is 0 Å². The molecule has 2 N–H and O–H groups in total. The summed E-state index contributed by atoms with van der Waals surface area (Å²) in [5.74, 6) is 0.905. The van der Waals surface area contributed by atoms with Gasteiger partial charge in [-0.05, 0) is 38.0 Å². The third kappa shape index (κ3) is 6.25. The van der Waals surface area contributed by atoms with Crippen molar-refractivity contribution in [1.29, 1.82) is 0 Å². The van der Waals surface area contributed by atoms with E-state index in [2.05, 4.69) is 10.6 Å². The van der Waals surface area contributed by atoms with Crippen LogP contribution in [0.4, 0.5) is 0 Å². The second-order valence-corrected chi connectivity index (χ2v) is 4.63. The maximum Gasteiger partial charge on any atom is 0.236 e. The maximum absolute atomic E-state index is 11.6. The van der Waals surface area contributed by atoms with Crippen LogP contribution in [0.5, 0.6) is 5.75 Å². The van der Waals surface area contributed by atoms with E-state index in [1.165, 1.54) is 5.56 Å². The van der Waals surface area contributed by atoms with Gasteiger partial charge >= 0.3 is 0 Å². The van der Waals surface area contributed by atoms with Crippen molar-refractivity contribution in [3.8, 4) is 5.75 Å². The largest absolute Gasteiger partial charge is 0.492 e. The number of amides is 1. The van der Waals surface area contributed by atoms with Crippen molar-refractivity contribution in [2.45, 2.75) is 33.2 Å². The number of ether oxygens (including phenoxy) is 1. The number of nitrogens with one attached hydrogen (secondary N) is 2. The first-order valence-electron chi connectivity index (χ1n) is 6.84. The Balaban J connectivity index is 2.18. The summed E-state index contributed by atoms with van der Waals surface area (Å²) in [7, 11) is 0. The van der Waals surface area contributed by atoms with Gasteiger partial charge in [-0.15, -0.1) is 0 Å². The standard InChI is InChI=1S/C15H24N2O2/c1-4-8-17-15(18)13(3)16-9-10-19-14-7-5-6-12(2)11-14/h5-7,11,13,16H,4,8-10H2,1-3H3,(H,17,18). The number of hydrogen-bond donors (Lipinski definition) is 2. The third-order valence-electron chi connectivity index (χ3n) is 2.75. The Morgan fingerprint density at radius 1 is 1.37 bits per heavy atom. The van der Waals surface area contributed by atoms with Gasteiger partial charge in [-0.3, -0.25) is 4.79 Å². The fourth-order valence-electron chi connectivity index (χ4n) is 1.64. The van der Waals surface area contributed by atoms with Gasteiger partial charge in [-0.2, -0.15) is 0 Å². The van der Waals surface area contributed by atoms with Gasteiger partial charge in [-0.25, -0.2) is 0 Å². The average Bonchev–Trinajstić information content (AvgIpc) is 2.40. The van der Waals surface area contributed by atoms with Crippen molar-refractivity contribution in [1.82, 2.24) is 10.6 Å². The fourth-order valence-corrected chi connectivity index (χ4v) is 1.64. The lowest BCUT2D eigenvalue weighted by Crippen LogP contribution is -2.43. The minimum atomic E-state index is -0.187. The maximum atomic E-state index is 11.6. The molecule has 0 spiro atoms. The molecule has 19 heavy (non-hydrogen) atoms. The molecule has 1 atom stereocenters. The van der Waals surface area contributed by atoms with Crippen LogP contribution in [0.15, 0.2) is 24.3 Å². The second-order valence-electron chi connectivity index (χ2n) is 4.63. The van der Waals surface area contributed by atoms with Crippen LogP contribution < -0.4 is 15.4 Å². The van der Waals surface area contributed by atoms with Gasteiger partial charge in [0, 0.05) is 13.1 Å². The number of hydrogen-bond acceptors (Lipinski definition) is 3. The van der Waals surface area contributed by atoms with Crippen molar-refractivity contribution in [2.75, 3.05) is 19.7 Å². The molecule has 106 valence electrons. The molecule has 4 nitrogen and oxygen atoms in total. The monoisotopic (exact) mass is 264 g/mol. The number of aryl methyl sites for hydroxylation is 1. The van der Waals surface area contributed by atoms with Crippen LogP contribution in [0.1, 0.15) is 25.8 Å². The summed E-state index contributed by atoms with van der Waals surface area (Å²) in [6.45, 7) is 7.85. The summed E-state index contributed by atoms with van der Waals surface area (Å²) < 4.78 is 5.60. The lowest BCUT2D eigenvalue weighted by atomic mass is 10.2. The summed E-state index contributed by atoms with van der Waals surface area (Å²) >= 11 is 0. The highest BCUT2D eigenvalue weighted by Gasteiger charge is 2.10. The summed E-state index contributed by atoms with van der Waals surface area (Å²) in [6.07, 6.45) is 0.953. The Bertz CT molecular complexity index is 393. The minimum Gasteiger partial charge on any atom is -0.492 e. The lowest BCUT2D eigenvalue weighted by Gasteiger charge is -2.14.